The SMILES string of the molecule is CCNc1ncc(Br)c(NCCn2cccn2)n1. The van der Waals surface area contributed by atoms with Gasteiger partial charge in [0.25, 0.3) is 0 Å². The third-order valence-electron chi connectivity index (χ3n) is 2.27. The van der Waals surface area contributed by atoms with Crippen LogP contribution in [0.25, 0.3) is 0 Å². The van der Waals surface area contributed by atoms with E-state index in [0.29, 0.717) is 5.95 Å². The van der Waals surface area contributed by atoms with Crippen molar-refractivity contribution in [3.63, 3.8) is 0 Å². The lowest BCUT2D eigenvalue weighted by Crippen LogP contribution is -2.13. The van der Waals surface area contributed by atoms with Crippen molar-refractivity contribution in [2.45, 2.75) is 13.5 Å². The fourth-order valence-electron chi connectivity index (χ4n) is 1.46. The van der Waals surface area contributed by atoms with E-state index >= 15 is 0 Å². The molecule has 2 aromatic heterocycles. The molecule has 0 bridgehead atoms. The molecule has 6 nitrogen and oxygen atoms in total. The van der Waals surface area contributed by atoms with Crippen molar-refractivity contribution < 1.29 is 0 Å². The molecule has 7 heteroatoms. The lowest BCUT2D eigenvalue weighted by Gasteiger charge is -2.09. The largest absolute Gasteiger partial charge is 0.367 e. The van der Waals surface area contributed by atoms with Gasteiger partial charge >= 0.3 is 0 Å². The second kappa shape index (κ2) is 6.34. The summed E-state index contributed by atoms with van der Waals surface area (Å²) in [4.78, 5) is 8.53. The maximum Gasteiger partial charge on any atom is 0.224 e. The van der Waals surface area contributed by atoms with Crippen LogP contribution in [0.3, 0.4) is 0 Å². The first kappa shape index (κ1) is 12.8. The Morgan fingerprint density at radius 2 is 2.28 bits per heavy atom. The highest BCUT2D eigenvalue weighted by Gasteiger charge is 2.03. The maximum absolute atomic E-state index is 4.37. The highest BCUT2D eigenvalue weighted by Crippen LogP contribution is 2.19. The molecule has 0 fully saturated rings. The van der Waals surface area contributed by atoms with Gasteiger partial charge in [0, 0.05) is 31.7 Å². The maximum atomic E-state index is 4.37. The number of rotatable bonds is 6. The van der Waals surface area contributed by atoms with Crippen molar-refractivity contribution in [3.05, 3.63) is 29.1 Å². The Morgan fingerprint density at radius 1 is 1.39 bits per heavy atom. The minimum Gasteiger partial charge on any atom is -0.367 e. The number of hydrogen-bond donors (Lipinski definition) is 2. The van der Waals surface area contributed by atoms with Gasteiger partial charge in [-0.15, -0.1) is 0 Å². The molecule has 0 saturated carbocycles. The van der Waals surface area contributed by atoms with Gasteiger partial charge in [-0.3, -0.25) is 4.68 Å². The highest BCUT2D eigenvalue weighted by molar-refractivity contribution is 9.10. The first-order valence-electron chi connectivity index (χ1n) is 5.77. The van der Waals surface area contributed by atoms with Crippen LogP contribution in [0.5, 0.6) is 0 Å². The van der Waals surface area contributed by atoms with E-state index in [4.69, 9.17) is 0 Å². The summed E-state index contributed by atoms with van der Waals surface area (Å²) in [5.41, 5.74) is 0. The topological polar surface area (TPSA) is 67.7 Å². The van der Waals surface area contributed by atoms with Gasteiger partial charge < -0.3 is 10.6 Å². The van der Waals surface area contributed by atoms with E-state index in [1.807, 2.05) is 23.9 Å². The summed E-state index contributed by atoms with van der Waals surface area (Å²) in [7, 11) is 0. The Bertz CT molecular complexity index is 484. The predicted molar refractivity (Wildman–Crippen MR) is 74.6 cm³/mol. The van der Waals surface area contributed by atoms with E-state index in [1.165, 1.54) is 0 Å². The monoisotopic (exact) mass is 310 g/mol. The molecular formula is C11H15BrN6. The van der Waals surface area contributed by atoms with Gasteiger partial charge in [0.2, 0.25) is 5.95 Å². The van der Waals surface area contributed by atoms with Crippen LogP contribution >= 0.6 is 15.9 Å². The molecule has 0 aliphatic heterocycles. The van der Waals surface area contributed by atoms with Crippen LogP contribution < -0.4 is 10.6 Å². The molecule has 0 aromatic carbocycles. The smallest absolute Gasteiger partial charge is 0.224 e. The van der Waals surface area contributed by atoms with E-state index in [0.717, 1.165) is 29.9 Å². The molecule has 0 amide bonds. The first-order valence-corrected chi connectivity index (χ1v) is 6.56. The van der Waals surface area contributed by atoms with Crippen LogP contribution in [0.2, 0.25) is 0 Å². The first-order chi connectivity index (χ1) is 8.79. The zero-order chi connectivity index (χ0) is 12.8. The molecule has 0 aliphatic rings. The van der Waals surface area contributed by atoms with Gasteiger partial charge in [-0.25, -0.2) is 4.98 Å². The summed E-state index contributed by atoms with van der Waals surface area (Å²) >= 11 is 3.42. The van der Waals surface area contributed by atoms with E-state index in [-0.39, 0.29) is 0 Å². The molecule has 0 radical (unpaired) electrons. The zero-order valence-corrected chi connectivity index (χ0v) is 11.7. The molecular weight excluding hydrogens is 296 g/mol. The van der Waals surface area contributed by atoms with Gasteiger partial charge in [0.15, 0.2) is 0 Å². The molecule has 0 saturated heterocycles. The molecule has 18 heavy (non-hydrogen) atoms. The van der Waals surface area contributed by atoms with Crippen molar-refractivity contribution in [1.29, 1.82) is 0 Å². The Morgan fingerprint density at radius 3 is 3.00 bits per heavy atom. The molecule has 2 N–H and O–H groups in total. The van der Waals surface area contributed by atoms with Crippen molar-refractivity contribution >= 4 is 27.7 Å². The average Bonchev–Trinajstić information content (AvgIpc) is 2.86. The molecule has 0 unspecified atom stereocenters. The standard InChI is InChI=1S/C11H15BrN6/c1-2-13-11-15-8-9(12)10(17-11)14-5-7-18-6-3-4-16-18/h3-4,6,8H,2,5,7H2,1H3,(H2,13,14,15,17). The third kappa shape index (κ3) is 3.43. The quantitative estimate of drug-likeness (QED) is 0.854. The van der Waals surface area contributed by atoms with Gasteiger partial charge in [0.05, 0.1) is 11.0 Å². The Kier molecular flexibility index (Phi) is 4.52. The van der Waals surface area contributed by atoms with Crippen LogP contribution in [0.1, 0.15) is 6.92 Å². The second-order valence-corrected chi connectivity index (χ2v) is 4.47. The Hall–Kier alpha value is -1.63. The Labute approximate surface area is 114 Å². The molecule has 96 valence electrons. The van der Waals surface area contributed by atoms with Crippen molar-refractivity contribution in [2.75, 3.05) is 23.7 Å². The minimum absolute atomic E-state index is 0.627. The lowest BCUT2D eigenvalue weighted by molar-refractivity contribution is 0.637. The normalized spacial score (nSPS) is 10.3. The zero-order valence-electron chi connectivity index (χ0n) is 10.1. The Balaban J connectivity index is 1.93. The minimum atomic E-state index is 0.627. The van der Waals surface area contributed by atoms with Crippen molar-refractivity contribution in [3.8, 4) is 0 Å². The average molecular weight is 311 g/mol. The van der Waals surface area contributed by atoms with Crippen LogP contribution in [0.4, 0.5) is 11.8 Å². The number of nitrogens with zero attached hydrogens (tertiary/aromatic N) is 4. The number of hydrogen-bond acceptors (Lipinski definition) is 5. The van der Waals surface area contributed by atoms with Crippen LogP contribution in [-0.2, 0) is 6.54 Å². The van der Waals surface area contributed by atoms with E-state index in [9.17, 15) is 0 Å². The molecule has 2 heterocycles. The molecule has 2 aromatic rings. The number of aromatic nitrogens is 4. The fraction of sp³-hybridized carbons (Fsp3) is 0.364. The van der Waals surface area contributed by atoms with Gasteiger partial charge in [0.1, 0.15) is 5.82 Å². The van der Waals surface area contributed by atoms with Gasteiger partial charge in [-0.05, 0) is 28.9 Å². The fourth-order valence-corrected chi connectivity index (χ4v) is 1.79. The van der Waals surface area contributed by atoms with Gasteiger partial charge in [-0.1, -0.05) is 0 Å². The molecule has 0 aliphatic carbocycles. The summed E-state index contributed by atoms with van der Waals surface area (Å²) in [5, 5.41) is 10.5. The summed E-state index contributed by atoms with van der Waals surface area (Å²) in [5.74, 6) is 1.41. The second-order valence-electron chi connectivity index (χ2n) is 3.62. The van der Waals surface area contributed by atoms with Crippen molar-refractivity contribution in [1.82, 2.24) is 19.7 Å². The summed E-state index contributed by atoms with van der Waals surface area (Å²) in [6.45, 7) is 4.35. The number of anilines is 2. The third-order valence-corrected chi connectivity index (χ3v) is 2.85. The van der Waals surface area contributed by atoms with E-state index < -0.39 is 0 Å². The summed E-state index contributed by atoms with van der Waals surface area (Å²) in [6, 6.07) is 1.91. The van der Waals surface area contributed by atoms with Crippen molar-refractivity contribution in [2.24, 2.45) is 0 Å². The van der Waals surface area contributed by atoms with Gasteiger partial charge in [-0.2, -0.15) is 10.1 Å². The van der Waals surface area contributed by atoms with E-state index in [1.54, 1.807) is 12.4 Å². The van der Waals surface area contributed by atoms with E-state index in [2.05, 4.69) is 41.6 Å². The molecule has 0 atom stereocenters. The summed E-state index contributed by atoms with van der Waals surface area (Å²) in [6.07, 6.45) is 5.44. The lowest BCUT2D eigenvalue weighted by atomic mass is 10.5. The number of nitrogens with one attached hydrogen (secondary N) is 2. The molecule has 0 spiro atoms. The van der Waals surface area contributed by atoms with Crippen LogP contribution in [0, 0.1) is 0 Å². The van der Waals surface area contributed by atoms with Crippen LogP contribution in [-0.4, -0.2) is 32.8 Å². The highest BCUT2D eigenvalue weighted by atomic mass is 79.9. The summed E-state index contributed by atoms with van der Waals surface area (Å²) < 4.78 is 2.72. The van der Waals surface area contributed by atoms with Crippen LogP contribution in [0.15, 0.2) is 29.1 Å². The predicted octanol–water partition coefficient (Wildman–Crippen LogP) is 1.98. The number of halogens is 1. The molecule has 2 rings (SSSR count).